The average Bonchev–Trinajstić information content (AvgIpc) is 3.00. The largest absolute Gasteiger partial charge is 0.477 e. The summed E-state index contributed by atoms with van der Waals surface area (Å²) in [6.07, 6.45) is 30.6. The van der Waals surface area contributed by atoms with Gasteiger partial charge < -0.3 is 23.8 Å². The Hall–Kier alpha value is -2.45. The van der Waals surface area contributed by atoms with E-state index >= 15 is 0 Å². The number of unbranched alkanes of at least 4 members (excludes halogenated alkanes) is 11. The Bertz CT molecular complexity index is 860. The molecule has 8 heteroatoms. The molecular weight excluding hydrogens is 582 g/mol. The Morgan fingerprint density at radius 3 is 1.89 bits per heavy atom. The van der Waals surface area contributed by atoms with Gasteiger partial charge in [0, 0.05) is 19.3 Å². The van der Waals surface area contributed by atoms with Crippen LogP contribution in [0.3, 0.4) is 0 Å². The number of rotatable bonds is 31. The minimum Gasteiger partial charge on any atom is -0.477 e. The molecule has 0 aromatic heterocycles. The van der Waals surface area contributed by atoms with E-state index in [1.54, 1.807) is 0 Å². The number of aliphatic carboxylic acids is 1. The van der Waals surface area contributed by atoms with E-state index in [0.717, 1.165) is 44.9 Å². The van der Waals surface area contributed by atoms with E-state index < -0.39 is 18.1 Å². The summed E-state index contributed by atoms with van der Waals surface area (Å²) in [4.78, 5) is 36.6. The lowest BCUT2D eigenvalue weighted by atomic mass is 10.1. The predicted octanol–water partition coefficient (Wildman–Crippen LogP) is 8.74. The van der Waals surface area contributed by atoms with Crippen LogP contribution in [0.15, 0.2) is 36.5 Å². The Balaban J connectivity index is 4.47. The van der Waals surface area contributed by atoms with Crippen molar-refractivity contribution in [2.24, 2.45) is 0 Å². The smallest absolute Gasteiger partial charge is 0.362 e. The maximum atomic E-state index is 12.6. The molecule has 46 heavy (non-hydrogen) atoms. The topological polar surface area (TPSA) is 99.1 Å². The highest BCUT2D eigenvalue weighted by molar-refractivity contribution is 5.72. The molecule has 2 atom stereocenters. The molecule has 266 valence electrons. The van der Waals surface area contributed by atoms with Gasteiger partial charge in [-0.05, 0) is 51.4 Å². The Morgan fingerprint density at radius 1 is 0.674 bits per heavy atom. The maximum absolute atomic E-state index is 12.6. The third kappa shape index (κ3) is 27.8. The number of likely N-dealkylation sites (N-methyl/N-ethyl adjacent to an activating group) is 1. The van der Waals surface area contributed by atoms with E-state index in [1.165, 1.54) is 51.4 Å². The van der Waals surface area contributed by atoms with Gasteiger partial charge in [-0.3, -0.25) is 9.59 Å². The molecule has 0 rings (SSSR count). The van der Waals surface area contributed by atoms with Gasteiger partial charge in [0.25, 0.3) is 0 Å². The molecule has 0 aromatic carbocycles. The highest BCUT2D eigenvalue weighted by Gasteiger charge is 2.31. The van der Waals surface area contributed by atoms with E-state index in [4.69, 9.17) is 14.2 Å². The van der Waals surface area contributed by atoms with Crippen LogP contribution in [0.4, 0.5) is 0 Å². The zero-order valence-corrected chi connectivity index (χ0v) is 30.0. The molecule has 2 unspecified atom stereocenters. The number of ether oxygens (including phenoxy) is 3. The summed E-state index contributed by atoms with van der Waals surface area (Å²) < 4.78 is 17.1. The Morgan fingerprint density at radius 2 is 1.26 bits per heavy atom. The van der Waals surface area contributed by atoms with Crippen molar-refractivity contribution < 1.29 is 38.2 Å². The summed E-state index contributed by atoms with van der Waals surface area (Å²) >= 11 is 0. The van der Waals surface area contributed by atoms with E-state index in [1.807, 2.05) is 27.2 Å². The summed E-state index contributed by atoms with van der Waals surface area (Å²) in [7, 11) is 5.49. The lowest BCUT2D eigenvalue weighted by molar-refractivity contribution is -0.887. The SMILES string of the molecule is CC/C=C/C/C=C/CCCCCCCCCC(=O)OC(COCCC(C(=O)O)[N+](C)(C)C)COC(=O)CC/C=C/CCCCCC. The molecule has 0 bridgehead atoms. The van der Waals surface area contributed by atoms with Gasteiger partial charge in [-0.2, -0.15) is 0 Å². The molecule has 0 fully saturated rings. The fraction of sp³-hybridized carbons (Fsp3) is 0.763. The van der Waals surface area contributed by atoms with Gasteiger partial charge in [0.05, 0.1) is 34.4 Å². The maximum Gasteiger partial charge on any atom is 0.362 e. The van der Waals surface area contributed by atoms with Crippen LogP contribution in [0.5, 0.6) is 0 Å². The first-order valence-electron chi connectivity index (χ1n) is 18.0. The first kappa shape index (κ1) is 43.5. The van der Waals surface area contributed by atoms with Crippen molar-refractivity contribution in [2.75, 3.05) is 41.0 Å². The molecule has 0 saturated carbocycles. The second kappa shape index (κ2) is 29.9. The molecule has 0 aliphatic heterocycles. The number of allylic oxidation sites excluding steroid dienone is 6. The van der Waals surface area contributed by atoms with Gasteiger partial charge in [-0.25, -0.2) is 4.79 Å². The molecule has 1 N–H and O–H groups in total. The van der Waals surface area contributed by atoms with Crippen molar-refractivity contribution in [1.29, 1.82) is 0 Å². The highest BCUT2D eigenvalue weighted by Crippen LogP contribution is 2.13. The van der Waals surface area contributed by atoms with Gasteiger partial charge in [0.2, 0.25) is 0 Å². The number of hydrogen-bond acceptors (Lipinski definition) is 6. The highest BCUT2D eigenvalue weighted by atomic mass is 16.6. The zero-order valence-electron chi connectivity index (χ0n) is 30.0. The van der Waals surface area contributed by atoms with Crippen molar-refractivity contribution in [3.63, 3.8) is 0 Å². The summed E-state index contributed by atoms with van der Waals surface area (Å²) in [5.74, 6) is -1.55. The van der Waals surface area contributed by atoms with Gasteiger partial charge in [-0.1, -0.05) is 102 Å². The summed E-state index contributed by atoms with van der Waals surface area (Å²) in [6, 6.07) is -0.617. The minimum atomic E-state index is -0.883. The van der Waals surface area contributed by atoms with Crippen LogP contribution in [-0.4, -0.2) is 80.6 Å². The third-order valence-corrected chi connectivity index (χ3v) is 7.79. The molecule has 8 nitrogen and oxygen atoms in total. The Labute approximate surface area is 281 Å². The van der Waals surface area contributed by atoms with Crippen molar-refractivity contribution in [3.8, 4) is 0 Å². The summed E-state index contributed by atoms with van der Waals surface area (Å²) in [5, 5.41) is 9.55. The zero-order chi connectivity index (χ0) is 34.3. The molecule has 0 aromatic rings. The normalized spacial score (nSPS) is 13.5. The molecule has 0 spiro atoms. The van der Waals surface area contributed by atoms with Crippen molar-refractivity contribution >= 4 is 17.9 Å². The Kier molecular flexibility index (Phi) is 28.3. The van der Waals surface area contributed by atoms with Gasteiger partial charge in [0.15, 0.2) is 12.1 Å². The number of hydrogen-bond donors (Lipinski definition) is 1. The molecule has 0 aliphatic carbocycles. The van der Waals surface area contributed by atoms with Crippen LogP contribution in [0.25, 0.3) is 0 Å². The lowest BCUT2D eigenvalue weighted by Crippen LogP contribution is -2.50. The van der Waals surface area contributed by atoms with Crippen LogP contribution in [-0.2, 0) is 28.6 Å². The molecular formula is C38H68NO7+. The van der Waals surface area contributed by atoms with Gasteiger partial charge in [-0.15, -0.1) is 0 Å². The standard InChI is InChI=1S/C38H67NO7/c1-6-8-10-12-14-16-17-18-19-20-21-23-25-27-29-37(41)46-34(32-44-31-30-35(38(42)43)39(3,4)5)33-45-36(40)28-26-24-22-15-13-11-9-7-2/h8,10,14,16,22,24,34-35H,6-7,9,11-13,15,17-21,23,25-33H2,1-5H3/p+1/b10-8+,16-14+,24-22+. The van der Waals surface area contributed by atoms with Crippen molar-refractivity contribution in [1.82, 2.24) is 0 Å². The molecule has 0 radical (unpaired) electrons. The first-order chi connectivity index (χ1) is 22.1. The fourth-order valence-electron chi connectivity index (χ4n) is 4.97. The minimum absolute atomic E-state index is 0.0464. The van der Waals surface area contributed by atoms with Crippen molar-refractivity contribution in [2.45, 2.75) is 148 Å². The van der Waals surface area contributed by atoms with Crippen LogP contribution in [0, 0.1) is 0 Å². The molecule has 0 saturated heterocycles. The van der Waals surface area contributed by atoms with Crippen LogP contribution < -0.4 is 0 Å². The first-order valence-corrected chi connectivity index (χ1v) is 18.0. The average molecular weight is 651 g/mol. The summed E-state index contributed by atoms with van der Waals surface area (Å²) in [6.45, 7) is 4.51. The second-order valence-electron chi connectivity index (χ2n) is 13.1. The van der Waals surface area contributed by atoms with Gasteiger partial charge >= 0.3 is 17.9 Å². The predicted molar refractivity (Wildman–Crippen MR) is 188 cm³/mol. The number of carboxylic acids is 1. The molecule has 0 aliphatic rings. The van der Waals surface area contributed by atoms with Crippen LogP contribution in [0.1, 0.15) is 136 Å². The van der Waals surface area contributed by atoms with E-state index in [9.17, 15) is 19.5 Å². The third-order valence-electron chi connectivity index (χ3n) is 7.79. The monoisotopic (exact) mass is 650 g/mol. The van der Waals surface area contributed by atoms with E-state index in [2.05, 4.69) is 44.2 Å². The van der Waals surface area contributed by atoms with Crippen LogP contribution in [0.2, 0.25) is 0 Å². The number of carbonyl (C=O) groups excluding carboxylic acids is 2. The van der Waals surface area contributed by atoms with Crippen LogP contribution >= 0.6 is 0 Å². The number of quaternary nitrogens is 1. The molecule has 0 amide bonds. The van der Waals surface area contributed by atoms with Crippen molar-refractivity contribution in [3.05, 3.63) is 36.5 Å². The quantitative estimate of drug-likeness (QED) is 0.0347. The fourth-order valence-corrected chi connectivity index (χ4v) is 4.97. The number of carboxylic acid groups (broad SMARTS) is 1. The second-order valence-corrected chi connectivity index (χ2v) is 13.1. The summed E-state index contributed by atoms with van der Waals surface area (Å²) in [5.41, 5.74) is 0. The number of carbonyl (C=O) groups is 3. The van der Waals surface area contributed by atoms with E-state index in [0.29, 0.717) is 19.3 Å². The number of esters is 2. The lowest BCUT2D eigenvalue weighted by Gasteiger charge is -2.31. The van der Waals surface area contributed by atoms with Gasteiger partial charge in [0.1, 0.15) is 6.61 Å². The molecule has 0 heterocycles. The number of nitrogens with zero attached hydrogens (tertiary/aromatic N) is 1. The van der Waals surface area contributed by atoms with E-state index in [-0.39, 0.29) is 42.7 Å².